The molecule has 0 atom stereocenters. The topological polar surface area (TPSA) is 57.8 Å². The molecule has 0 aliphatic carbocycles. The molecule has 2 N–H and O–H groups in total. The molecule has 0 aliphatic rings. The number of hydrogen-bond donors (Lipinski definition) is 2. The van der Waals surface area contributed by atoms with E-state index in [0.29, 0.717) is 16.6 Å². The third-order valence-electron chi connectivity index (χ3n) is 3.13. The van der Waals surface area contributed by atoms with Crippen LogP contribution in [0.2, 0.25) is 0 Å². The Morgan fingerprint density at radius 3 is 2.95 bits per heavy atom. The summed E-state index contributed by atoms with van der Waals surface area (Å²) in [6.45, 7) is 4.22. The third kappa shape index (κ3) is 2.44. The molecule has 1 aromatic carbocycles. The number of anilines is 1. The second-order valence-electron chi connectivity index (χ2n) is 4.96. The van der Waals surface area contributed by atoms with Crippen molar-refractivity contribution in [3.05, 3.63) is 47.1 Å². The highest BCUT2D eigenvalue weighted by Gasteiger charge is 2.11. The number of rotatable bonds is 3. The summed E-state index contributed by atoms with van der Waals surface area (Å²) in [5.41, 5.74) is 1.66. The first-order valence-electron chi connectivity index (χ1n) is 6.47. The van der Waals surface area contributed by atoms with Gasteiger partial charge in [0.25, 0.3) is 5.91 Å². The van der Waals surface area contributed by atoms with Gasteiger partial charge < -0.3 is 4.98 Å². The van der Waals surface area contributed by atoms with E-state index < -0.39 is 0 Å². The highest BCUT2D eigenvalue weighted by Crippen LogP contribution is 2.25. The monoisotopic (exact) mass is 285 g/mol. The number of fused-ring (bicyclic) bond motifs is 1. The van der Waals surface area contributed by atoms with Crippen molar-refractivity contribution in [2.24, 2.45) is 0 Å². The molecular formula is C15H15N3OS. The number of hydrogen-bond acceptors (Lipinski definition) is 3. The summed E-state index contributed by atoms with van der Waals surface area (Å²) in [7, 11) is 0. The van der Waals surface area contributed by atoms with Crippen molar-refractivity contribution in [3.63, 3.8) is 0 Å². The van der Waals surface area contributed by atoms with E-state index in [4.69, 9.17) is 0 Å². The molecule has 0 radical (unpaired) electrons. The minimum absolute atomic E-state index is 0.127. The van der Waals surface area contributed by atoms with Crippen LogP contribution in [-0.2, 0) is 0 Å². The smallest absolute Gasteiger partial charge is 0.257 e. The molecule has 0 unspecified atom stereocenters. The molecule has 20 heavy (non-hydrogen) atoms. The molecule has 0 fully saturated rings. The Morgan fingerprint density at radius 2 is 2.20 bits per heavy atom. The molecule has 102 valence electrons. The fraction of sp³-hybridized carbons (Fsp3) is 0.200. The number of thiazole rings is 1. The quantitative estimate of drug-likeness (QED) is 0.764. The van der Waals surface area contributed by atoms with E-state index >= 15 is 0 Å². The number of amides is 1. The maximum Gasteiger partial charge on any atom is 0.257 e. The minimum atomic E-state index is -0.127. The SMILES string of the molecule is CC(C)c1cnc(NC(=O)c2ccc3[nH]ccc3c2)s1. The number of nitrogens with one attached hydrogen (secondary N) is 2. The normalized spacial score (nSPS) is 11.2. The van der Waals surface area contributed by atoms with Crippen molar-refractivity contribution in [1.82, 2.24) is 9.97 Å². The van der Waals surface area contributed by atoms with Crippen LogP contribution in [0.25, 0.3) is 10.9 Å². The molecule has 0 saturated heterocycles. The second kappa shape index (κ2) is 5.09. The van der Waals surface area contributed by atoms with Gasteiger partial charge >= 0.3 is 0 Å². The maximum atomic E-state index is 12.2. The molecule has 5 heteroatoms. The Hall–Kier alpha value is -2.14. The lowest BCUT2D eigenvalue weighted by Gasteiger charge is -2.02. The van der Waals surface area contributed by atoms with E-state index in [0.717, 1.165) is 10.9 Å². The lowest BCUT2D eigenvalue weighted by atomic mass is 10.1. The Bertz CT molecular complexity index is 757. The zero-order valence-corrected chi connectivity index (χ0v) is 12.1. The van der Waals surface area contributed by atoms with Crippen LogP contribution in [0, 0.1) is 0 Å². The lowest BCUT2D eigenvalue weighted by molar-refractivity contribution is 0.102. The van der Waals surface area contributed by atoms with Gasteiger partial charge in [-0.25, -0.2) is 4.98 Å². The minimum Gasteiger partial charge on any atom is -0.361 e. The van der Waals surface area contributed by atoms with Crippen LogP contribution >= 0.6 is 11.3 Å². The summed E-state index contributed by atoms with van der Waals surface area (Å²) in [5, 5.41) is 4.52. The van der Waals surface area contributed by atoms with Crippen LogP contribution in [0.4, 0.5) is 5.13 Å². The molecular weight excluding hydrogens is 270 g/mol. The lowest BCUT2D eigenvalue weighted by Crippen LogP contribution is -2.11. The summed E-state index contributed by atoms with van der Waals surface area (Å²) in [5.74, 6) is 0.298. The van der Waals surface area contributed by atoms with Gasteiger partial charge in [-0.2, -0.15) is 0 Å². The van der Waals surface area contributed by atoms with E-state index in [2.05, 4.69) is 29.1 Å². The van der Waals surface area contributed by atoms with Gasteiger partial charge in [-0.1, -0.05) is 13.8 Å². The Kier molecular flexibility index (Phi) is 3.28. The van der Waals surface area contributed by atoms with Crippen LogP contribution < -0.4 is 5.32 Å². The van der Waals surface area contributed by atoms with Crippen LogP contribution in [-0.4, -0.2) is 15.9 Å². The largest absolute Gasteiger partial charge is 0.361 e. The molecule has 4 nitrogen and oxygen atoms in total. The summed E-state index contributed by atoms with van der Waals surface area (Å²) in [6.07, 6.45) is 3.68. The Labute approximate surface area is 120 Å². The zero-order valence-electron chi connectivity index (χ0n) is 11.3. The Morgan fingerprint density at radius 1 is 1.35 bits per heavy atom. The van der Waals surface area contributed by atoms with Gasteiger partial charge in [-0.3, -0.25) is 10.1 Å². The third-order valence-corrected chi connectivity index (χ3v) is 4.34. The number of aromatic amines is 1. The van der Waals surface area contributed by atoms with Crippen molar-refractivity contribution in [2.45, 2.75) is 19.8 Å². The van der Waals surface area contributed by atoms with E-state index in [1.165, 1.54) is 16.2 Å². The van der Waals surface area contributed by atoms with Gasteiger partial charge in [-0.15, -0.1) is 11.3 Å². The molecule has 0 saturated carbocycles. The zero-order chi connectivity index (χ0) is 14.1. The summed E-state index contributed by atoms with van der Waals surface area (Å²) >= 11 is 1.52. The van der Waals surface area contributed by atoms with Crippen LogP contribution in [0.1, 0.15) is 35.0 Å². The predicted octanol–water partition coefficient (Wildman–Crippen LogP) is 4.00. The van der Waals surface area contributed by atoms with E-state index in [1.807, 2.05) is 36.7 Å². The van der Waals surface area contributed by atoms with Gasteiger partial charge in [0.2, 0.25) is 0 Å². The number of nitrogens with zero attached hydrogens (tertiary/aromatic N) is 1. The maximum absolute atomic E-state index is 12.2. The standard InChI is InChI=1S/C15H15N3OS/c1-9(2)13-8-17-15(20-13)18-14(19)11-3-4-12-10(7-11)5-6-16-12/h3-9,16H,1-2H3,(H,17,18,19). The second-order valence-corrected chi connectivity index (χ2v) is 6.02. The van der Waals surface area contributed by atoms with Gasteiger partial charge in [0.05, 0.1) is 0 Å². The first kappa shape index (κ1) is 12.9. The molecule has 2 heterocycles. The molecule has 0 bridgehead atoms. The van der Waals surface area contributed by atoms with Crippen molar-refractivity contribution < 1.29 is 4.79 Å². The number of carbonyl (C=O) groups excluding carboxylic acids is 1. The summed E-state index contributed by atoms with van der Waals surface area (Å²) in [4.78, 5) is 20.7. The fourth-order valence-corrected chi connectivity index (χ4v) is 2.79. The molecule has 0 aliphatic heterocycles. The van der Waals surface area contributed by atoms with Gasteiger partial charge in [0.15, 0.2) is 5.13 Å². The van der Waals surface area contributed by atoms with Gasteiger partial charge in [0.1, 0.15) is 0 Å². The van der Waals surface area contributed by atoms with Crippen LogP contribution in [0.15, 0.2) is 36.7 Å². The van der Waals surface area contributed by atoms with Crippen molar-refractivity contribution in [2.75, 3.05) is 5.32 Å². The fourth-order valence-electron chi connectivity index (χ4n) is 1.98. The molecule has 0 spiro atoms. The molecule has 2 aromatic heterocycles. The van der Waals surface area contributed by atoms with E-state index in [9.17, 15) is 4.79 Å². The number of H-pyrrole nitrogens is 1. The van der Waals surface area contributed by atoms with Crippen molar-refractivity contribution >= 4 is 33.3 Å². The van der Waals surface area contributed by atoms with Gasteiger partial charge in [0, 0.05) is 33.7 Å². The predicted molar refractivity (Wildman–Crippen MR) is 82.5 cm³/mol. The van der Waals surface area contributed by atoms with Crippen LogP contribution in [0.5, 0.6) is 0 Å². The molecule has 1 amide bonds. The average Bonchev–Trinajstić information content (AvgIpc) is 3.05. The van der Waals surface area contributed by atoms with Gasteiger partial charge in [-0.05, 0) is 30.2 Å². The number of carbonyl (C=O) groups is 1. The summed E-state index contributed by atoms with van der Waals surface area (Å²) < 4.78 is 0. The van der Waals surface area contributed by atoms with Crippen molar-refractivity contribution in [1.29, 1.82) is 0 Å². The highest BCUT2D eigenvalue weighted by atomic mass is 32.1. The average molecular weight is 285 g/mol. The first-order chi connectivity index (χ1) is 9.63. The van der Waals surface area contributed by atoms with Crippen molar-refractivity contribution in [3.8, 4) is 0 Å². The molecule has 3 rings (SSSR count). The Balaban J connectivity index is 1.80. The van der Waals surface area contributed by atoms with E-state index in [-0.39, 0.29) is 5.91 Å². The van der Waals surface area contributed by atoms with E-state index in [1.54, 1.807) is 0 Å². The number of benzene rings is 1. The summed E-state index contributed by atoms with van der Waals surface area (Å²) in [6, 6.07) is 7.54. The number of aromatic nitrogens is 2. The first-order valence-corrected chi connectivity index (χ1v) is 7.29. The van der Waals surface area contributed by atoms with Crippen LogP contribution in [0.3, 0.4) is 0 Å². The highest BCUT2D eigenvalue weighted by molar-refractivity contribution is 7.15. The molecule has 3 aromatic rings.